The number of carbonyl (C=O) groups is 1. The van der Waals surface area contributed by atoms with E-state index < -0.39 is 5.91 Å². The zero-order valence-corrected chi connectivity index (χ0v) is 15.9. The number of hydrazone groups is 1. The van der Waals surface area contributed by atoms with Crippen molar-refractivity contribution in [2.45, 2.75) is 39.5 Å². The van der Waals surface area contributed by atoms with Crippen molar-refractivity contribution in [3.8, 4) is 17.2 Å². The Balaban J connectivity index is 1.79. The SMILES string of the molecule is CC(C)c1cc(C(=O)N/N=C/c2ccc3c(c2)OCO3)c(O)c(C(C)C)c1. The predicted molar refractivity (Wildman–Crippen MR) is 104 cm³/mol. The standard InChI is InChI=1S/C21H24N2O4/c1-12(2)15-8-16(13(3)4)20(24)17(9-15)21(25)23-22-10-14-5-6-18-19(7-14)27-11-26-18/h5-10,12-13,24H,11H2,1-4H3,(H,23,25)/b22-10+. The summed E-state index contributed by atoms with van der Waals surface area (Å²) in [6.45, 7) is 8.28. The summed E-state index contributed by atoms with van der Waals surface area (Å²) in [5, 5.41) is 14.5. The first-order valence-electron chi connectivity index (χ1n) is 8.96. The van der Waals surface area contributed by atoms with Crippen LogP contribution < -0.4 is 14.9 Å². The molecule has 2 N–H and O–H groups in total. The van der Waals surface area contributed by atoms with Gasteiger partial charge in [-0.1, -0.05) is 33.8 Å². The molecule has 0 saturated carbocycles. The molecule has 0 aliphatic carbocycles. The third-order valence-corrected chi connectivity index (χ3v) is 4.47. The molecule has 0 fully saturated rings. The molecule has 0 unspecified atom stereocenters. The third kappa shape index (κ3) is 4.05. The summed E-state index contributed by atoms with van der Waals surface area (Å²) in [4.78, 5) is 12.6. The van der Waals surface area contributed by atoms with E-state index in [0.29, 0.717) is 11.5 Å². The Morgan fingerprint density at radius 2 is 1.85 bits per heavy atom. The summed E-state index contributed by atoms with van der Waals surface area (Å²) in [5.74, 6) is 1.24. The maximum absolute atomic E-state index is 12.6. The summed E-state index contributed by atoms with van der Waals surface area (Å²) in [6, 6.07) is 9.07. The van der Waals surface area contributed by atoms with Gasteiger partial charge in [0.25, 0.3) is 5.91 Å². The third-order valence-electron chi connectivity index (χ3n) is 4.47. The number of ether oxygens (including phenoxy) is 2. The van der Waals surface area contributed by atoms with E-state index in [2.05, 4.69) is 24.4 Å². The Hall–Kier alpha value is -3.02. The number of nitrogens with one attached hydrogen (secondary N) is 1. The number of nitrogens with zero attached hydrogens (tertiary/aromatic N) is 1. The quantitative estimate of drug-likeness (QED) is 0.614. The van der Waals surface area contributed by atoms with Gasteiger partial charge in [-0.25, -0.2) is 5.43 Å². The van der Waals surface area contributed by atoms with Gasteiger partial charge in [0.2, 0.25) is 6.79 Å². The fourth-order valence-corrected chi connectivity index (χ4v) is 2.85. The van der Waals surface area contributed by atoms with Gasteiger partial charge in [0, 0.05) is 0 Å². The predicted octanol–water partition coefficient (Wildman–Crippen LogP) is 4.13. The van der Waals surface area contributed by atoms with Crippen LogP contribution in [0.25, 0.3) is 0 Å². The Bertz CT molecular complexity index is 888. The molecule has 6 heteroatoms. The number of hydrogen-bond acceptors (Lipinski definition) is 5. The summed E-state index contributed by atoms with van der Waals surface area (Å²) in [5.41, 5.74) is 5.24. The van der Waals surface area contributed by atoms with E-state index in [-0.39, 0.29) is 29.9 Å². The number of hydrogen-bond donors (Lipinski definition) is 2. The molecule has 27 heavy (non-hydrogen) atoms. The van der Waals surface area contributed by atoms with Crippen molar-refractivity contribution in [2.24, 2.45) is 5.10 Å². The van der Waals surface area contributed by atoms with E-state index in [0.717, 1.165) is 16.7 Å². The Kier molecular flexibility index (Phi) is 5.35. The molecule has 0 saturated heterocycles. The van der Waals surface area contributed by atoms with Crippen LogP contribution in [-0.4, -0.2) is 24.0 Å². The van der Waals surface area contributed by atoms with Crippen LogP contribution in [0.5, 0.6) is 17.2 Å². The Morgan fingerprint density at radius 3 is 2.56 bits per heavy atom. The second kappa shape index (κ2) is 7.70. The molecule has 142 valence electrons. The molecule has 1 heterocycles. The lowest BCUT2D eigenvalue weighted by Crippen LogP contribution is -2.18. The van der Waals surface area contributed by atoms with Crippen LogP contribution in [0, 0.1) is 0 Å². The Morgan fingerprint density at radius 1 is 1.11 bits per heavy atom. The molecule has 2 aromatic rings. The number of carbonyl (C=O) groups excluding carboxylic acids is 1. The topological polar surface area (TPSA) is 80.2 Å². The van der Waals surface area contributed by atoms with Gasteiger partial charge in [-0.05, 0) is 52.8 Å². The lowest BCUT2D eigenvalue weighted by Gasteiger charge is -2.16. The van der Waals surface area contributed by atoms with Gasteiger partial charge < -0.3 is 14.6 Å². The average molecular weight is 368 g/mol. The van der Waals surface area contributed by atoms with Gasteiger partial charge in [-0.15, -0.1) is 0 Å². The summed E-state index contributed by atoms with van der Waals surface area (Å²) in [7, 11) is 0. The van der Waals surface area contributed by atoms with E-state index in [1.807, 2.05) is 26.0 Å². The maximum Gasteiger partial charge on any atom is 0.275 e. The average Bonchev–Trinajstić information content (AvgIpc) is 3.09. The van der Waals surface area contributed by atoms with Gasteiger partial charge >= 0.3 is 0 Å². The lowest BCUT2D eigenvalue weighted by molar-refractivity contribution is 0.0952. The highest BCUT2D eigenvalue weighted by Gasteiger charge is 2.19. The molecule has 0 radical (unpaired) electrons. The van der Waals surface area contributed by atoms with Crippen molar-refractivity contribution in [1.29, 1.82) is 0 Å². The molecule has 1 amide bonds. The molecular weight excluding hydrogens is 344 g/mol. The highest BCUT2D eigenvalue weighted by atomic mass is 16.7. The highest BCUT2D eigenvalue weighted by molar-refractivity contribution is 5.98. The van der Waals surface area contributed by atoms with Gasteiger partial charge in [-0.3, -0.25) is 4.79 Å². The number of phenols is 1. The molecule has 0 spiro atoms. The second-order valence-electron chi connectivity index (χ2n) is 7.13. The minimum absolute atomic E-state index is 0.00480. The van der Waals surface area contributed by atoms with Gasteiger partial charge in [0.15, 0.2) is 11.5 Å². The summed E-state index contributed by atoms with van der Waals surface area (Å²) >= 11 is 0. The molecule has 3 rings (SSSR count). The lowest BCUT2D eigenvalue weighted by atomic mass is 9.92. The van der Waals surface area contributed by atoms with E-state index in [1.165, 1.54) is 6.21 Å². The molecule has 0 aromatic heterocycles. The number of phenolic OH excluding ortho intramolecular Hbond substituents is 1. The number of aromatic hydroxyl groups is 1. The number of benzene rings is 2. The van der Waals surface area contributed by atoms with E-state index in [4.69, 9.17) is 9.47 Å². The fourth-order valence-electron chi connectivity index (χ4n) is 2.85. The highest BCUT2D eigenvalue weighted by Crippen LogP contribution is 2.33. The van der Waals surface area contributed by atoms with Crippen molar-refractivity contribution in [3.05, 3.63) is 52.6 Å². The van der Waals surface area contributed by atoms with Crippen LogP contribution >= 0.6 is 0 Å². The molecule has 1 aliphatic heterocycles. The van der Waals surface area contributed by atoms with Crippen molar-refractivity contribution in [3.63, 3.8) is 0 Å². The first-order chi connectivity index (χ1) is 12.9. The number of rotatable bonds is 5. The molecule has 6 nitrogen and oxygen atoms in total. The Labute approximate surface area is 158 Å². The minimum Gasteiger partial charge on any atom is -0.507 e. The van der Waals surface area contributed by atoms with E-state index in [1.54, 1.807) is 18.2 Å². The normalized spacial score (nSPS) is 13.0. The van der Waals surface area contributed by atoms with E-state index >= 15 is 0 Å². The minimum atomic E-state index is -0.450. The first kappa shape index (κ1) is 18.8. The smallest absolute Gasteiger partial charge is 0.275 e. The van der Waals surface area contributed by atoms with Crippen molar-refractivity contribution in [2.75, 3.05) is 6.79 Å². The zero-order valence-electron chi connectivity index (χ0n) is 15.9. The largest absolute Gasteiger partial charge is 0.507 e. The zero-order chi connectivity index (χ0) is 19.6. The number of fused-ring (bicyclic) bond motifs is 1. The van der Waals surface area contributed by atoms with Crippen molar-refractivity contribution >= 4 is 12.1 Å². The van der Waals surface area contributed by atoms with Crippen LogP contribution in [0.15, 0.2) is 35.4 Å². The molecule has 1 aliphatic rings. The number of amides is 1. The molecule has 0 atom stereocenters. The van der Waals surface area contributed by atoms with Gasteiger partial charge in [0.05, 0.1) is 11.8 Å². The fraction of sp³-hybridized carbons (Fsp3) is 0.333. The molecule has 2 aromatic carbocycles. The van der Waals surface area contributed by atoms with Crippen LogP contribution in [-0.2, 0) is 0 Å². The monoisotopic (exact) mass is 368 g/mol. The van der Waals surface area contributed by atoms with Crippen molar-refractivity contribution < 1.29 is 19.4 Å². The van der Waals surface area contributed by atoms with Crippen LogP contribution in [0.4, 0.5) is 0 Å². The van der Waals surface area contributed by atoms with E-state index in [9.17, 15) is 9.90 Å². The van der Waals surface area contributed by atoms with Gasteiger partial charge in [0.1, 0.15) is 5.75 Å². The molecule has 0 bridgehead atoms. The molecular formula is C21H24N2O4. The van der Waals surface area contributed by atoms with Crippen molar-refractivity contribution in [1.82, 2.24) is 5.43 Å². The van der Waals surface area contributed by atoms with Crippen LogP contribution in [0.1, 0.15) is 66.6 Å². The second-order valence-corrected chi connectivity index (χ2v) is 7.13. The first-order valence-corrected chi connectivity index (χ1v) is 8.96. The summed E-state index contributed by atoms with van der Waals surface area (Å²) < 4.78 is 10.6. The van der Waals surface area contributed by atoms with Crippen LogP contribution in [0.2, 0.25) is 0 Å². The summed E-state index contributed by atoms with van der Waals surface area (Å²) in [6.07, 6.45) is 1.52. The van der Waals surface area contributed by atoms with Gasteiger partial charge in [-0.2, -0.15) is 5.10 Å². The maximum atomic E-state index is 12.6. The van der Waals surface area contributed by atoms with Crippen LogP contribution in [0.3, 0.4) is 0 Å².